The lowest BCUT2D eigenvalue weighted by Crippen LogP contribution is -2.35. The Labute approximate surface area is 325 Å². The van der Waals surface area contributed by atoms with Crippen molar-refractivity contribution in [2.45, 2.75) is 51.1 Å². The van der Waals surface area contributed by atoms with Crippen LogP contribution in [0.1, 0.15) is 48.3 Å². The van der Waals surface area contributed by atoms with Crippen LogP contribution in [0.2, 0.25) is 0 Å². The molecule has 0 fully saturated rings. The zero-order valence-electron chi connectivity index (χ0n) is 33.1. The van der Waals surface area contributed by atoms with Crippen molar-refractivity contribution in [3.05, 3.63) is 70.8 Å². The van der Waals surface area contributed by atoms with E-state index in [9.17, 15) is 9.59 Å². The summed E-state index contributed by atoms with van der Waals surface area (Å²) in [7, 11) is 12.3. The van der Waals surface area contributed by atoms with Crippen molar-refractivity contribution in [3.63, 3.8) is 0 Å². The van der Waals surface area contributed by atoms with Crippen LogP contribution in [0, 0.1) is 0 Å². The number of fused-ring (bicyclic) bond motifs is 2. The molecule has 2 heterocycles. The highest BCUT2D eigenvalue weighted by molar-refractivity contribution is 5.84. The number of methoxy groups -OCH3 is 8. The van der Waals surface area contributed by atoms with Crippen LogP contribution in [0.5, 0.6) is 57.5 Å². The molecule has 14 nitrogen and oxygen atoms in total. The van der Waals surface area contributed by atoms with E-state index in [1.54, 1.807) is 52.7 Å². The summed E-state index contributed by atoms with van der Waals surface area (Å²) >= 11 is 0. The highest BCUT2D eigenvalue weighted by atomic mass is 16.6. The van der Waals surface area contributed by atoms with E-state index in [1.807, 2.05) is 24.3 Å². The molecule has 0 saturated heterocycles. The molecule has 56 heavy (non-hydrogen) atoms. The summed E-state index contributed by atoms with van der Waals surface area (Å²) in [5.41, 5.74) is 3.92. The third-order valence-corrected chi connectivity index (χ3v) is 9.79. The van der Waals surface area contributed by atoms with Gasteiger partial charge in [-0.1, -0.05) is 12.1 Å². The second-order valence-electron chi connectivity index (χ2n) is 13.0. The van der Waals surface area contributed by atoms with Crippen LogP contribution in [0.25, 0.3) is 11.1 Å². The number of ether oxygens (including phenoxy) is 12. The summed E-state index contributed by atoms with van der Waals surface area (Å²) in [5.74, 6) is 3.25. The lowest BCUT2D eigenvalue weighted by molar-refractivity contribution is -0.153. The number of esters is 2. The second-order valence-corrected chi connectivity index (χ2v) is 13.0. The standard InChI is InChI=1S/C42H46O14/c1-21(43)53-34-18-25-15-27(39(50-8)42(52-10)38(25)55-36(34)23-11-13-29(45-3)31(16-23)47-5)26-19-33(49-7)41(51-9)40-28(26)20-35(54-22(2)44)37(56-40)24-12-14-30(46-4)32(17-24)48-6/h11-17,19,34-37H,18,20H2,1-10H3. The van der Waals surface area contributed by atoms with Crippen LogP contribution in [-0.2, 0) is 31.9 Å². The summed E-state index contributed by atoms with van der Waals surface area (Å²) in [6, 6.07) is 14.5. The molecule has 0 radical (unpaired) electrons. The Bertz CT molecular complexity index is 2110. The lowest BCUT2D eigenvalue weighted by Gasteiger charge is -2.37. The summed E-state index contributed by atoms with van der Waals surface area (Å²) in [4.78, 5) is 25.1. The van der Waals surface area contributed by atoms with Gasteiger partial charge in [0.15, 0.2) is 58.2 Å². The molecule has 298 valence electrons. The van der Waals surface area contributed by atoms with Crippen molar-refractivity contribution in [1.29, 1.82) is 0 Å². The average molecular weight is 775 g/mol. The summed E-state index contributed by atoms with van der Waals surface area (Å²) in [6.07, 6.45) is -2.56. The SMILES string of the molecule is COc1ccc(C2Oc3c(cc(-c4cc(OC)c(OC)c5c4CC(OC(C)=O)C(c4ccc(OC)c(OC)c4)O5)c(OC)c3OC)CC2OC(C)=O)cc1OC. The number of benzene rings is 4. The maximum atomic E-state index is 12.6. The quantitative estimate of drug-likeness (QED) is 0.134. The zero-order valence-corrected chi connectivity index (χ0v) is 33.1. The van der Waals surface area contributed by atoms with Gasteiger partial charge in [-0.15, -0.1) is 0 Å². The first-order valence-electron chi connectivity index (χ1n) is 17.7. The third-order valence-electron chi connectivity index (χ3n) is 9.79. The number of hydrogen-bond acceptors (Lipinski definition) is 14. The third kappa shape index (κ3) is 7.30. The number of carbonyl (C=O) groups is 2. The Balaban J connectivity index is 1.54. The van der Waals surface area contributed by atoms with Gasteiger partial charge in [0.2, 0.25) is 11.5 Å². The van der Waals surface area contributed by atoms with E-state index in [1.165, 1.54) is 42.3 Å². The topological polar surface area (TPSA) is 145 Å². The van der Waals surface area contributed by atoms with E-state index in [0.717, 1.165) is 0 Å². The molecule has 14 heteroatoms. The van der Waals surface area contributed by atoms with Crippen molar-refractivity contribution < 1.29 is 66.4 Å². The molecule has 0 aromatic heterocycles. The fourth-order valence-electron chi connectivity index (χ4n) is 7.41. The van der Waals surface area contributed by atoms with Crippen LogP contribution in [0.15, 0.2) is 48.5 Å². The normalized spacial score (nSPS) is 18.1. The minimum atomic E-state index is -0.778. The van der Waals surface area contributed by atoms with Crippen molar-refractivity contribution >= 4 is 11.9 Å². The van der Waals surface area contributed by atoms with Crippen LogP contribution in [0.3, 0.4) is 0 Å². The first-order valence-corrected chi connectivity index (χ1v) is 17.7. The summed E-state index contributed by atoms with van der Waals surface area (Å²) in [6.45, 7) is 2.70. The Morgan fingerprint density at radius 1 is 0.500 bits per heavy atom. The Morgan fingerprint density at radius 3 is 1.45 bits per heavy atom. The minimum Gasteiger partial charge on any atom is -0.493 e. The molecule has 4 aromatic rings. The van der Waals surface area contributed by atoms with E-state index >= 15 is 0 Å². The highest BCUT2D eigenvalue weighted by Gasteiger charge is 2.41. The van der Waals surface area contributed by atoms with Crippen LogP contribution in [-0.4, -0.2) is 81.0 Å². The van der Waals surface area contributed by atoms with Crippen molar-refractivity contribution in [1.82, 2.24) is 0 Å². The summed E-state index contributed by atoms with van der Waals surface area (Å²) < 4.78 is 71.2. The molecule has 4 unspecified atom stereocenters. The van der Waals surface area contributed by atoms with Crippen LogP contribution < -0.4 is 47.4 Å². The monoisotopic (exact) mass is 774 g/mol. The van der Waals surface area contributed by atoms with Crippen molar-refractivity contribution in [2.24, 2.45) is 0 Å². The first-order chi connectivity index (χ1) is 27.0. The van der Waals surface area contributed by atoms with Gasteiger partial charge < -0.3 is 56.8 Å². The van der Waals surface area contributed by atoms with E-state index < -0.39 is 36.4 Å². The fraction of sp³-hybridized carbons (Fsp3) is 0.381. The first kappa shape index (κ1) is 39.5. The van der Waals surface area contributed by atoms with Gasteiger partial charge >= 0.3 is 11.9 Å². The maximum Gasteiger partial charge on any atom is 0.303 e. The molecule has 0 bridgehead atoms. The van der Waals surface area contributed by atoms with E-state index in [4.69, 9.17) is 56.8 Å². The lowest BCUT2D eigenvalue weighted by atomic mass is 9.86. The molecular formula is C42H46O14. The molecule has 2 aliphatic heterocycles. The van der Waals surface area contributed by atoms with Crippen molar-refractivity contribution in [3.8, 4) is 68.6 Å². The molecule has 2 aliphatic rings. The molecular weight excluding hydrogens is 728 g/mol. The van der Waals surface area contributed by atoms with Crippen molar-refractivity contribution in [2.75, 3.05) is 56.9 Å². The van der Waals surface area contributed by atoms with Gasteiger partial charge in [0.1, 0.15) is 12.2 Å². The van der Waals surface area contributed by atoms with Gasteiger partial charge in [0, 0.05) is 54.5 Å². The number of hydrogen-bond donors (Lipinski definition) is 0. The van der Waals surface area contributed by atoms with Gasteiger partial charge in [-0.25, -0.2) is 0 Å². The Kier molecular flexibility index (Phi) is 11.8. The molecule has 0 spiro atoms. The van der Waals surface area contributed by atoms with Crippen LogP contribution in [0.4, 0.5) is 0 Å². The average Bonchev–Trinajstić information content (AvgIpc) is 3.20. The molecule has 4 atom stereocenters. The molecule has 0 saturated carbocycles. The van der Waals surface area contributed by atoms with Gasteiger partial charge in [-0.2, -0.15) is 0 Å². The van der Waals surface area contributed by atoms with Gasteiger partial charge in [0.25, 0.3) is 0 Å². The second kappa shape index (κ2) is 16.7. The molecule has 6 rings (SSSR count). The number of rotatable bonds is 13. The largest absolute Gasteiger partial charge is 0.493 e. The van der Waals surface area contributed by atoms with E-state index in [2.05, 4.69) is 0 Å². The Hall–Kier alpha value is -6.18. The zero-order chi connectivity index (χ0) is 40.3. The molecule has 0 amide bonds. The van der Waals surface area contributed by atoms with Gasteiger partial charge in [0.05, 0.1) is 56.9 Å². The number of carbonyl (C=O) groups excluding carboxylic acids is 2. The predicted octanol–water partition coefficient (Wildman–Crippen LogP) is 6.64. The van der Waals surface area contributed by atoms with Gasteiger partial charge in [-0.3, -0.25) is 9.59 Å². The fourth-order valence-corrected chi connectivity index (χ4v) is 7.41. The smallest absolute Gasteiger partial charge is 0.303 e. The van der Waals surface area contributed by atoms with Gasteiger partial charge in [-0.05, 0) is 42.0 Å². The highest BCUT2D eigenvalue weighted by Crippen LogP contribution is 2.56. The molecule has 0 aliphatic carbocycles. The van der Waals surface area contributed by atoms with E-state index in [-0.39, 0.29) is 12.8 Å². The maximum absolute atomic E-state index is 12.6. The Morgan fingerprint density at radius 2 is 0.982 bits per heavy atom. The minimum absolute atomic E-state index is 0.208. The molecule has 0 N–H and O–H groups in total. The van der Waals surface area contributed by atoms with E-state index in [0.29, 0.717) is 90.9 Å². The molecule has 4 aromatic carbocycles. The predicted molar refractivity (Wildman–Crippen MR) is 202 cm³/mol. The summed E-state index contributed by atoms with van der Waals surface area (Å²) in [5, 5.41) is 0. The van der Waals surface area contributed by atoms with Crippen LogP contribution >= 0.6 is 0 Å².